The van der Waals surface area contributed by atoms with Crippen molar-refractivity contribution in [3.63, 3.8) is 0 Å². The molecule has 0 saturated heterocycles. The predicted octanol–water partition coefficient (Wildman–Crippen LogP) is 0.397. The predicted molar refractivity (Wildman–Crippen MR) is 50.1 cm³/mol. The summed E-state index contributed by atoms with van der Waals surface area (Å²) in [6, 6.07) is 2.84. The first-order chi connectivity index (χ1) is 6.19. The molecule has 0 aliphatic carbocycles. The lowest BCUT2D eigenvalue weighted by Crippen LogP contribution is -2.07. The molecule has 66 valence electrons. The van der Waals surface area contributed by atoms with E-state index in [1.54, 1.807) is 6.92 Å². The summed E-state index contributed by atoms with van der Waals surface area (Å²) in [5.74, 6) is 0.122. The second-order valence-corrected chi connectivity index (χ2v) is 2.51. The molecule has 2 radical (unpaired) electrons. The molecule has 0 atom stereocenters. The number of carbonyl (C=O) groups excluding carboxylic acids is 1. The zero-order valence-electron chi connectivity index (χ0n) is 7.28. The third kappa shape index (κ3) is 2.02. The lowest BCUT2D eigenvalue weighted by Gasteiger charge is -2.08. The molecule has 3 nitrogen and oxygen atoms in total. The van der Waals surface area contributed by atoms with Crippen LogP contribution in [-0.4, -0.2) is 25.8 Å². The monoisotopic (exact) mass is 176 g/mol. The van der Waals surface area contributed by atoms with Gasteiger partial charge in [0.1, 0.15) is 19.9 Å². The first-order valence-corrected chi connectivity index (χ1v) is 3.89. The largest absolute Gasteiger partial charge is 0.505 e. The van der Waals surface area contributed by atoms with Crippen LogP contribution < -0.4 is 10.2 Å². The molecule has 0 saturated carbocycles. The summed E-state index contributed by atoms with van der Waals surface area (Å²) in [6.45, 7) is 2.19. The van der Waals surface area contributed by atoms with Crippen molar-refractivity contribution in [3.05, 3.63) is 17.7 Å². The molecule has 0 bridgehead atoms. The van der Waals surface area contributed by atoms with Crippen molar-refractivity contribution in [2.24, 2.45) is 0 Å². The molecule has 0 fully saturated rings. The SMILES string of the molecule is [B]c1cc(C=O)cc(OCC)c1O. The van der Waals surface area contributed by atoms with Crippen LogP contribution in [0.2, 0.25) is 0 Å². The molecule has 0 amide bonds. The molecule has 0 aliphatic heterocycles. The van der Waals surface area contributed by atoms with Crippen LogP contribution in [-0.2, 0) is 0 Å². The van der Waals surface area contributed by atoms with E-state index in [1.165, 1.54) is 12.1 Å². The van der Waals surface area contributed by atoms with E-state index in [2.05, 4.69) is 0 Å². The lowest BCUT2D eigenvalue weighted by atomic mass is 9.93. The number of aromatic hydroxyl groups is 1. The second kappa shape index (κ2) is 3.98. The third-order valence-corrected chi connectivity index (χ3v) is 1.56. The molecule has 1 N–H and O–H groups in total. The molecular formula is C9H9BO3. The Hall–Kier alpha value is -1.45. The summed E-state index contributed by atoms with van der Waals surface area (Å²) in [5.41, 5.74) is 0.534. The molecule has 0 heterocycles. The Balaban J connectivity index is 3.16. The zero-order chi connectivity index (χ0) is 9.84. The minimum atomic E-state index is -0.118. The Morgan fingerprint density at radius 1 is 1.62 bits per heavy atom. The van der Waals surface area contributed by atoms with Gasteiger partial charge in [0.2, 0.25) is 0 Å². The molecule has 1 aromatic carbocycles. The van der Waals surface area contributed by atoms with Crippen molar-refractivity contribution in [3.8, 4) is 11.5 Å². The van der Waals surface area contributed by atoms with Crippen LogP contribution in [0.5, 0.6) is 11.5 Å². The maximum absolute atomic E-state index is 10.4. The Labute approximate surface area is 77.7 Å². The minimum Gasteiger partial charge on any atom is -0.505 e. The number of phenolic OH excluding ortho intramolecular Hbond substituents is 1. The van der Waals surface area contributed by atoms with Gasteiger partial charge in [0, 0.05) is 5.56 Å². The van der Waals surface area contributed by atoms with Gasteiger partial charge in [-0.15, -0.1) is 0 Å². The fourth-order valence-electron chi connectivity index (χ4n) is 0.985. The van der Waals surface area contributed by atoms with Gasteiger partial charge in [-0.05, 0) is 13.0 Å². The molecule has 0 aromatic heterocycles. The van der Waals surface area contributed by atoms with E-state index in [4.69, 9.17) is 12.6 Å². The summed E-state index contributed by atoms with van der Waals surface area (Å²) in [6.07, 6.45) is 0.651. The number of carbonyl (C=O) groups is 1. The van der Waals surface area contributed by atoms with E-state index in [0.717, 1.165) is 0 Å². The van der Waals surface area contributed by atoms with Crippen LogP contribution in [0, 0.1) is 0 Å². The molecule has 0 unspecified atom stereocenters. The molecule has 13 heavy (non-hydrogen) atoms. The van der Waals surface area contributed by atoms with E-state index in [9.17, 15) is 9.90 Å². The average molecular weight is 176 g/mol. The maximum Gasteiger partial charge on any atom is 0.160 e. The first-order valence-electron chi connectivity index (χ1n) is 3.89. The smallest absolute Gasteiger partial charge is 0.160 e. The number of hydrogen-bond acceptors (Lipinski definition) is 3. The van der Waals surface area contributed by atoms with Gasteiger partial charge in [0.15, 0.2) is 5.75 Å². The van der Waals surface area contributed by atoms with Crippen LogP contribution in [0.25, 0.3) is 0 Å². The zero-order valence-corrected chi connectivity index (χ0v) is 7.28. The van der Waals surface area contributed by atoms with Gasteiger partial charge < -0.3 is 9.84 Å². The summed E-state index contributed by atoms with van der Waals surface area (Å²) in [5, 5.41) is 9.38. The van der Waals surface area contributed by atoms with Crippen molar-refractivity contribution in [1.29, 1.82) is 0 Å². The van der Waals surface area contributed by atoms with Gasteiger partial charge in [-0.25, -0.2) is 0 Å². The van der Waals surface area contributed by atoms with Crippen molar-refractivity contribution in [2.45, 2.75) is 6.92 Å². The van der Waals surface area contributed by atoms with Gasteiger partial charge in [0.05, 0.1) is 6.61 Å². The van der Waals surface area contributed by atoms with E-state index in [-0.39, 0.29) is 17.0 Å². The number of hydrogen-bond donors (Lipinski definition) is 1. The molecule has 0 aliphatic rings. The summed E-state index contributed by atoms with van der Waals surface area (Å²) < 4.78 is 5.07. The lowest BCUT2D eigenvalue weighted by molar-refractivity contribution is 0.112. The summed E-state index contributed by atoms with van der Waals surface area (Å²) in [7, 11) is 5.44. The highest BCUT2D eigenvalue weighted by atomic mass is 16.5. The maximum atomic E-state index is 10.4. The quantitative estimate of drug-likeness (QED) is 0.535. The highest BCUT2D eigenvalue weighted by Crippen LogP contribution is 2.23. The van der Waals surface area contributed by atoms with Crippen molar-refractivity contribution in [1.82, 2.24) is 0 Å². The van der Waals surface area contributed by atoms with Crippen LogP contribution in [0.3, 0.4) is 0 Å². The Morgan fingerprint density at radius 2 is 2.31 bits per heavy atom. The van der Waals surface area contributed by atoms with Crippen LogP contribution in [0.1, 0.15) is 17.3 Å². The van der Waals surface area contributed by atoms with Crippen LogP contribution in [0.15, 0.2) is 12.1 Å². The standard InChI is InChI=1S/C9H9BO3/c1-2-13-8-4-6(5-11)3-7(10)9(8)12/h3-5,12H,2H2,1H3. The number of benzene rings is 1. The summed E-state index contributed by atoms with van der Waals surface area (Å²) in [4.78, 5) is 10.4. The molecule has 1 aromatic rings. The van der Waals surface area contributed by atoms with Crippen LogP contribution in [0.4, 0.5) is 0 Å². The molecule has 1 rings (SSSR count). The Kier molecular flexibility index (Phi) is 2.95. The van der Waals surface area contributed by atoms with Crippen molar-refractivity contribution in [2.75, 3.05) is 6.61 Å². The topological polar surface area (TPSA) is 46.5 Å². The Morgan fingerprint density at radius 3 is 2.85 bits per heavy atom. The van der Waals surface area contributed by atoms with E-state index in [1.807, 2.05) is 0 Å². The fraction of sp³-hybridized carbons (Fsp3) is 0.222. The van der Waals surface area contributed by atoms with Gasteiger partial charge in [-0.2, -0.15) is 0 Å². The van der Waals surface area contributed by atoms with Gasteiger partial charge in [-0.1, -0.05) is 11.5 Å². The van der Waals surface area contributed by atoms with Crippen molar-refractivity contribution < 1.29 is 14.6 Å². The second-order valence-electron chi connectivity index (χ2n) is 2.51. The first kappa shape index (κ1) is 9.64. The molecule has 4 heteroatoms. The van der Waals surface area contributed by atoms with E-state index >= 15 is 0 Å². The normalized spacial score (nSPS) is 9.62. The number of aldehydes is 1. The molecular weight excluding hydrogens is 167 g/mol. The van der Waals surface area contributed by atoms with E-state index < -0.39 is 0 Å². The van der Waals surface area contributed by atoms with Crippen LogP contribution >= 0.6 is 0 Å². The minimum absolute atomic E-state index is 0.118. The highest BCUT2D eigenvalue weighted by molar-refractivity contribution is 6.34. The average Bonchev–Trinajstić information content (AvgIpc) is 2.13. The highest BCUT2D eigenvalue weighted by Gasteiger charge is 2.06. The fourth-order valence-corrected chi connectivity index (χ4v) is 0.985. The number of rotatable bonds is 3. The number of phenols is 1. The van der Waals surface area contributed by atoms with E-state index in [0.29, 0.717) is 18.5 Å². The third-order valence-electron chi connectivity index (χ3n) is 1.56. The van der Waals surface area contributed by atoms with Crippen molar-refractivity contribution >= 4 is 19.6 Å². The van der Waals surface area contributed by atoms with Gasteiger partial charge in [-0.3, -0.25) is 4.79 Å². The molecule has 0 spiro atoms. The Bertz CT molecular complexity index is 323. The summed E-state index contributed by atoms with van der Waals surface area (Å²) >= 11 is 0. The van der Waals surface area contributed by atoms with Gasteiger partial charge in [0.25, 0.3) is 0 Å². The van der Waals surface area contributed by atoms with Gasteiger partial charge >= 0.3 is 0 Å². The number of ether oxygens (including phenoxy) is 1.